The van der Waals surface area contributed by atoms with E-state index in [4.69, 9.17) is 9.15 Å². The maximum atomic E-state index is 14.0. The fourth-order valence-corrected chi connectivity index (χ4v) is 4.66. The Hall–Kier alpha value is -4.10. The molecule has 1 fully saturated rings. The molecule has 2 aromatic carbocycles. The molecule has 7 heteroatoms. The molecule has 3 heterocycles. The fraction of sp³-hybridized carbons (Fsp3) is 0.267. The summed E-state index contributed by atoms with van der Waals surface area (Å²) in [4.78, 5) is 32.5. The Morgan fingerprint density at radius 1 is 1.00 bits per heavy atom. The van der Waals surface area contributed by atoms with E-state index < -0.39 is 6.04 Å². The number of carbonyl (C=O) groups is 2. The van der Waals surface area contributed by atoms with Crippen LogP contribution in [-0.2, 0) is 16.1 Å². The van der Waals surface area contributed by atoms with Crippen LogP contribution in [-0.4, -0.2) is 41.0 Å². The highest BCUT2D eigenvalue weighted by atomic mass is 16.5. The van der Waals surface area contributed by atoms with Gasteiger partial charge in [0.1, 0.15) is 17.2 Å². The third-order valence-electron chi connectivity index (χ3n) is 6.58. The van der Waals surface area contributed by atoms with Gasteiger partial charge in [0, 0.05) is 25.4 Å². The summed E-state index contributed by atoms with van der Waals surface area (Å²) in [6, 6.07) is 25.7. The van der Waals surface area contributed by atoms with E-state index in [0.29, 0.717) is 30.4 Å². The molecule has 1 aliphatic rings. The summed E-state index contributed by atoms with van der Waals surface area (Å²) in [7, 11) is 0. The van der Waals surface area contributed by atoms with E-state index >= 15 is 0 Å². The molecular formula is C30H31N3O4. The molecule has 0 bridgehead atoms. The number of nitrogens with zero attached hydrogens (tertiary/aromatic N) is 1. The van der Waals surface area contributed by atoms with Crippen molar-refractivity contribution in [3.05, 3.63) is 108 Å². The molecule has 190 valence electrons. The van der Waals surface area contributed by atoms with Crippen LogP contribution in [0, 0.1) is 6.92 Å². The van der Waals surface area contributed by atoms with Crippen LogP contribution in [0.5, 0.6) is 0 Å². The third-order valence-corrected chi connectivity index (χ3v) is 6.58. The predicted octanol–water partition coefficient (Wildman–Crippen LogP) is 5.26. The van der Waals surface area contributed by atoms with Crippen molar-refractivity contribution in [2.75, 3.05) is 13.2 Å². The zero-order valence-electron chi connectivity index (χ0n) is 20.9. The van der Waals surface area contributed by atoms with E-state index in [9.17, 15) is 9.59 Å². The highest BCUT2D eigenvalue weighted by Gasteiger charge is 2.35. The number of nitrogens with one attached hydrogen (secondary N) is 2. The SMILES string of the molecule is Cc1ccc([C@@H](C(=O)NC[C@@H]2CCCO2)N(Cc2ccccc2)C(=O)c2ccc(-c3ccccc3)[nH]2)o1. The average molecular weight is 498 g/mol. The fourth-order valence-electron chi connectivity index (χ4n) is 4.66. The first-order chi connectivity index (χ1) is 18.1. The number of amides is 2. The molecule has 7 nitrogen and oxygen atoms in total. The van der Waals surface area contributed by atoms with Crippen molar-refractivity contribution in [1.29, 1.82) is 0 Å². The second-order valence-corrected chi connectivity index (χ2v) is 9.30. The molecule has 2 N–H and O–H groups in total. The summed E-state index contributed by atoms with van der Waals surface area (Å²) >= 11 is 0. The smallest absolute Gasteiger partial charge is 0.271 e. The summed E-state index contributed by atoms with van der Waals surface area (Å²) in [5.41, 5.74) is 3.11. The van der Waals surface area contributed by atoms with Crippen LogP contribution in [0.2, 0.25) is 0 Å². The summed E-state index contributed by atoms with van der Waals surface area (Å²) in [6.07, 6.45) is 1.87. The van der Waals surface area contributed by atoms with Crippen molar-refractivity contribution in [2.45, 2.75) is 38.5 Å². The van der Waals surface area contributed by atoms with E-state index in [1.807, 2.05) is 79.7 Å². The van der Waals surface area contributed by atoms with Crippen LogP contribution in [0.1, 0.15) is 46.5 Å². The van der Waals surface area contributed by atoms with Gasteiger partial charge in [-0.05, 0) is 55.2 Å². The molecule has 0 radical (unpaired) electrons. The van der Waals surface area contributed by atoms with Crippen LogP contribution in [0.25, 0.3) is 11.3 Å². The van der Waals surface area contributed by atoms with Gasteiger partial charge in [-0.1, -0.05) is 60.7 Å². The van der Waals surface area contributed by atoms with Crippen molar-refractivity contribution in [3.63, 3.8) is 0 Å². The Morgan fingerprint density at radius 3 is 2.43 bits per heavy atom. The minimum Gasteiger partial charge on any atom is -0.464 e. The minimum atomic E-state index is -0.953. The number of hydrogen-bond donors (Lipinski definition) is 2. The molecule has 2 aromatic heterocycles. The molecule has 0 unspecified atom stereocenters. The highest BCUT2D eigenvalue weighted by molar-refractivity contribution is 5.97. The van der Waals surface area contributed by atoms with E-state index in [1.54, 1.807) is 17.0 Å². The summed E-state index contributed by atoms with van der Waals surface area (Å²) in [5.74, 6) is 0.494. The molecule has 0 saturated carbocycles. The van der Waals surface area contributed by atoms with Gasteiger partial charge in [-0.15, -0.1) is 0 Å². The zero-order valence-corrected chi connectivity index (χ0v) is 20.9. The second kappa shape index (κ2) is 11.3. The average Bonchev–Trinajstić information content (AvgIpc) is 3.71. The van der Waals surface area contributed by atoms with Gasteiger partial charge in [0.2, 0.25) is 0 Å². The minimum absolute atomic E-state index is 0.0157. The Bertz CT molecular complexity index is 1320. The maximum Gasteiger partial charge on any atom is 0.271 e. The number of furan rings is 1. The third kappa shape index (κ3) is 5.84. The van der Waals surface area contributed by atoms with Crippen LogP contribution in [0.15, 0.2) is 89.3 Å². The van der Waals surface area contributed by atoms with Crippen molar-refractivity contribution in [2.24, 2.45) is 0 Å². The molecule has 2 amide bonds. The van der Waals surface area contributed by atoms with Crippen LogP contribution in [0.3, 0.4) is 0 Å². The second-order valence-electron chi connectivity index (χ2n) is 9.30. The summed E-state index contributed by atoms with van der Waals surface area (Å²) in [6.45, 7) is 3.15. The van der Waals surface area contributed by atoms with Gasteiger partial charge < -0.3 is 24.4 Å². The van der Waals surface area contributed by atoms with Crippen molar-refractivity contribution < 1.29 is 18.7 Å². The Labute approximate surface area is 216 Å². The number of benzene rings is 2. The van der Waals surface area contributed by atoms with Crippen LogP contribution < -0.4 is 5.32 Å². The lowest BCUT2D eigenvalue weighted by Crippen LogP contribution is -2.45. The Kier molecular flexibility index (Phi) is 7.51. The number of carbonyl (C=O) groups excluding carboxylic acids is 2. The lowest BCUT2D eigenvalue weighted by Gasteiger charge is -2.30. The lowest BCUT2D eigenvalue weighted by molar-refractivity contribution is -0.127. The molecule has 0 aliphatic carbocycles. The van der Waals surface area contributed by atoms with Crippen LogP contribution >= 0.6 is 0 Å². The van der Waals surface area contributed by atoms with E-state index in [-0.39, 0.29) is 24.5 Å². The zero-order chi connectivity index (χ0) is 25.6. The molecular weight excluding hydrogens is 466 g/mol. The largest absolute Gasteiger partial charge is 0.464 e. The molecule has 5 rings (SSSR count). The number of aromatic nitrogens is 1. The van der Waals surface area contributed by atoms with Gasteiger partial charge in [-0.3, -0.25) is 9.59 Å². The molecule has 4 aromatic rings. The van der Waals surface area contributed by atoms with Crippen molar-refractivity contribution in [1.82, 2.24) is 15.2 Å². The number of aryl methyl sites for hydroxylation is 1. The number of hydrogen-bond acceptors (Lipinski definition) is 4. The van der Waals surface area contributed by atoms with E-state index in [1.165, 1.54) is 0 Å². The first-order valence-corrected chi connectivity index (χ1v) is 12.6. The van der Waals surface area contributed by atoms with Gasteiger partial charge >= 0.3 is 0 Å². The monoisotopic (exact) mass is 497 g/mol. The lowest BCUT2D eigenvalue weighted by atomic mass is 10.1. The van der Waals surface area contributed by atoms with Crippen molar-refractivity contribution in [3.8, 4) is 11.3 Å². The predicted molar refractivity (Wildman–Crippen MR) is 141 cm³/mol. The Balaban J connectivity index is 1.48. The van der Waals surface area contributed by atoms with Crippen molar-refractivity contribution >= 4 is 11.8 Å². The first-order valence-electron chi connectivity index (χ1n) is 12.6. The number of H-pyrrole nitrogens is 1. The van der Waals surface area contributed by atoms with Gasteiger partial charge in [-0.2, -0.15) is 0 Å². The number of rotatable bonds is 9. The van der Waals surface area contributed by atoms with E-state index in [2.05, 4.69) is 10.3 Å². The molecule has 37 heavy (non-hydrogen) atoms. The standard InChI is InChI=1S/C30H31N3O4/c1-21-14-17-27(37-21)28(29(34)31-19-24-13-8-18-36-24)33(20-22-9-4-2-5-10-22)30(35)26-16-15-25(32-26)23-11-6-3-7-12-23/h2-7,9-12,14-17,24,28,32H,8,13,18-20H2,1H3,(H,31,34)/t24-,28-/m0/s1. The summed E-state index contributed by atoms with van der Waals surface area (Å²) < 4.78 is 11.6. The maximum absolute atomic E-state index is 14.0. The quantitative estimate of drug-likeness (QED) is 0.330. The van der Waals surface area contributed by atoms with Gasteiger partial charge in [-0.25, -0.2) is 0 Å². The van der Waals surface area contributed by atoms with Gasteiger partial charge in [0.25, 0.3) is 11.8 Å². The van der Waals surface area contributed by atoms with Crippen LogP contribution in [0.4, 0.5) is 0 Å². The van der Waals surface area contributed by atoms with Gasteiger partial charge in [0.15, 0.2) is 6.04 Å². The number of ether oxygens (including phenoxy) is 1. The molecule has 1 aliphatic heterocycles. The summed E-state index contributed by atoms with van der Waals surface area (Å²) in [5, 5.41) is 3.01. The Morgan fingerprint density at radius 2 is 1.76 bits per heavy atom. The van der Waals surface area contributed by atoms with E-state index in [0.717, 1.165) is 29.7 Å². The molecule has 1 saturated heterocycles. The first kappa shape index (κ1) is 24.6. The normalized spacial score (nSPS) is 15.9. The highest BCUT2D eigenvalue weighted by Crippen LogP contribution is 2.28. The van der Waals surface area contributed by atoms with Gasteiger partial charge in [0.05, 0.1) is 6.10 Å². The number of aromatic amines is 1. The molecule has 2 atom stereocenters. The topological polar surface area (TPSA) is 87.6 Å². The molecule has 0 spiro atoms.